The summed E-state index contributed by atoms with van der Waals surface area (Å²) in [6, 6.07) is 4.12. The molecule has 1 aromatic carbocycles. The van der Waals surface area contributed by atoms with Crippen LogP contribution < -0.4 is 0 Å². The van der Waals surface area contributed by atoms with E-state index in [1.165, 1.54) is 12.1 Å². The van der Waals surface area contributed by atoms with Crippen LogP contribution in [0.4, 0.5) is 8.78 Å². The van der Waals surface area contributed by atoms with Gasteiger partial charge in [-0.25, -0.2) is 8.78 Å². The summed E-state index contributed by atoms with van der Waals surface area (Å²) in [7, 11) is 0. The highest BCUT2D eigenvalue weighted by Crippen LogP contribution is 2.15. The molecule has 3 heteroatoms. The van der Waals surface area contributed by atoms with Crippen molar-refractivity contribution in [1.82, 2.24) is 0 Å². The van der Waals surface area contributed by atoms with Gasteiger partial charge in [-0.15, -0.1) is 0 Å². The summed E-state index contributed by atoms with van der Waals surface area (Å²) < 4.78 is 25.5. The van der Waals surface area contributed by atoms with E-state index in [1.807, 2.05) is 0 Å². The lowest BCUT2D eigenvalue weighted by Gasteiger charge is -2.06. The molecule has 0 N–H and O–H groups in total. The Bertz CT molecular complexity index is 312. The number of halogens is 3. The largest absolute Gasteiger partial charge is 0.204 e. The monoisotopic (exact) mass is 276 g/mol. The SMILES string of the molecule is CCC(Br)CCCc1ccc(F)c(F)c1. The molecule has 0 aliphatic carbocycles. The molecule has 0 aliphatic heterocycles. The highest BCUT2D eigenvalue weighted by atomic mass is 79.9. The van der Waals surface area contributed by atoms with Crippen molar-refractivity contribution in [2.45, 2.75) is 37.4 Å². The van der Waals surface area contributed by atoms with Crippen molar-refractivity contribution in [1.29, 1.82) is 0 Å². The van der Waals surface area contributed by atoms with Gasteiger partial charge < -0.3 is 0 Å². The van der Waals surface area contributed by atoms with Crippen LogP contribution in [-0.2, 0) is 6.42 Å². The molecule has 1 unspecified atom stereocenters. The van der Waals surface area contributed by atoms with Crippen LogP contribution in [0.15, 0.2) is 18.2 Å². The predicted molar refractivity (Wildman–Crippen MR) is 62.3 cm³/mol. The van der Waals surface area contributed by atoms with Crippen molar-refractivity contribution < 1.29 is 8.78 Å². The third-order valence-electron chi connectivity index (χ3n) is 2.41. The molecule has 0 fully saturated rings. The zero-order valence-corrected chi connectivity index (χ0v) is 10.4. The van der Waals surface area contributed by atoms with Crippen molar-refractivity contribution in [2.24, 2.45) is 0 Å². The second-order valence-corrected chi connectivity index (χ2v) is 4.94. The van der Waals surface area contributed by atoms with Gasteiger partial charge in [0.2, 0.25) is 0 Å². The molecule has 0 amide bonds. The molecular weight excluding hydrogens is 262 g/mol. The van der Waals surface area contributed by atoms with Crippen molar-refractivity contribution in [3.63, 3.8) is 0 Å². The van der Waals surface area contributed by atoms with E-state index < -0.39 is 11.6 Å². The Kier molecular flexibility index (Phi) is 5.23. The molecule has 1 aromatic rings. The predicted octanol–water partition coefficient (Wildman–Crippen LogP) is 4.46. The molecule has 15 heavy (non-hydrogen) atoms. The molecule has 0 saturated heterocycles. The summed E-state index contributed by atoms with van der Waals surface area (Å²) in [4.78, 5) is 0.530. The molecule has 0 heterocycles. The summed E-state index contributed by atoms with van der Waals surface area (Å²) in [6.45, 7) is 2.12. The summed E-state index contributed by atoms with van der Waals surface area (Å²) in [5.74, 6) is -1.52. The maximum atomic E-state index is 12.8. The standard InChI is InChI=1S/C12H15BrF2/c1-2-10(13)5-3-4-9-6-7-11(14)12(15)8-9/h6-8,10H,2-5H2,1H3. The fourth-order valence-electron chi connectivity index (χ4n) is 1.43. The second kappa shape index (κ2) is 6.21. The van der Waals surface area contributed by atoms with E-state index in [4.69, 9.17) is 0 Å². The smallest absolute Gasteiger partial charge is 0.159 e. The quantitative estimate of drug-likeness (QED) is 0.697. The number of hydrogen-bond donors (Lipinski definition) is 0. The zero-order valence-electron chi connectivity index (χ0n) is 8.77. The number of rotatable bonds is 5. The first-order valence-electron chi connectivity index (χ1n) is 5.21. The van der Waals surface area contributed by atoms with E-state index in [1.54, 1.807) is 6.07 Å². The number of alkyl halides is 1. The normalized spacial score (nSPS) is 12.8. The van der Waals surface area contributed by atoms with Crippen LogP contribution >= 0.6 is 15.9 Å². The van der Waals surface area contributed by atoms with Gasteiger partial charge in [-0.05, 0) is 43.4 Å². The molecule has 0 spiro atoms. The van der Waals surface area contributed by atoms with Gasteiger partial charge in [-0.2, -0.15) is 0 Å². The van der Waals surface area contributed by atoms with E-state index in [0.29, 0.717) is 4.83 Å². The van der Waals surface area contributed by atoms with Gasteiger partial charge in [0.15, 0.2) is 11.6 Å². The highest BCUT2D eigenvalue weighted by molar-refractivity contribution is 9.09. The molecule has 0 radical (unpaired) electrons. The van der Waals surface area contributed by atoms with E-state index >= 15 is 0 Å². The van der Waals surface area contributed by atoms with E-state index in [9.17, 15) is 8.78 Å². The third-order valence-corrected chi connectivity index (χ3v) is 3.52. The minimum atomic E-state index is -0.773. The minimum absolute atomic E-state index is 0.530. The first-order chi connectivity index (χ1) is 7.13. The summed E-state index contributed by atoms with van der Waals surface area (Å²) >= 11 is 3.54. The van der Waals surface area contributed by atoms with Crippen LogP contribution in [0.25, 0.3) is 0 Å². The fraction of sp³-hybridized carbons (Fsp3) is 0.500. The zero-order chi connectivity index (χ0) is 11.3. The topological polar surface area (TPSA) is 0 Å². The van der Waals surface area contributed by atoms with E-state index in [-0.39, 0.29) is 0 Å². The Morgan fingerprint density at radius 3 is 2.60 bits per heavy atom. The molecule has 0 aromatic heterocycles. The molecule has 0 aliphatic rings. The van der Waals surface area contributed by atoms with Gasteiger partial charge in [0.25, 0.3) is 0 Å². The summed E-state index contributed by atoms with van der Waals surface area (Å²) in [5, 5.41) is 0. The van der Waals surface area contributed by atoms with Crippen LogP contribution in [0.1, 0.15) is 31.7 Å². The second-order valence-electron chi connectivity index (χ2n) is 3.65. The Hall–Kier alpha value is -0.440. The van der Waals surface area contributed by atoms with Gasteiger partial charge in [-0.1, -0.05) is 28.9 Å². The number of aryl methyl sites for hydroxylation is 1. The average Bonchev–Trinajstić information content (AvgIpc) is 2.23. The minimum Gasteiger partial charge on any atom is -0.204 e. The molecule has 0 saturated carbocycles. The Morgan fingerprint density at radius 2 is 2.00 bits per heavy atom. The lowest BCUT2D eigenvalue weighted by molar-refractivity contribution is 0.506. The van der Waals surface area contributed by atoms with Crippen molar-refractivity contribution >= 4 is 15.9 Å². The van der Waals surface area contributed by atoms with Crippen molar-refractivity contribution in [3.8, 4) is 0 Å². The van der Waals surface area contributed by atoms with Crippen LogP contribution in [0.5, 0.6) is 0 Å². The Labute approximate surface area is 97.8 Å². The van der Waals surface area contributed by atoms with Crippen LogP contribution in [-0.4, -0.2) is 4.83 Å². The molecule has 1 rings (SSSR count). The maximum absolute atomic E-state index is 12.8. The molecule has 0 nitrogen and oxygen atoms in total. The van der Waals surface area contributed by atoms with Crippen molar-refractivity contribution in [3.05, 3.63) is 35.4 Å². The number of hydrogen-bond acceptors (Lipinski definition) is 0. The lowest BCUT2D eigenvalue weighted by Crippen LogP contribution is -1.97. The van der Waals surface area contributed by atoms with Crippen LogP contribution in [0.2, 0.25) is 0 Å². The van der Waals surface area contributed by atoms with Gasteiger partial charge in [0.1, 0.15) is 0 Å². The Morgan fingerprint density at radius 1 is 1.27 bits per heavy atom. The summed E-state index contributed by atoms with van der Waals surface area (Å²) in [5.41, 5.74) is 0.865. The molecule has 0 bridgehead atoms. The van der Waals surface area contributed by atoms with Gasteiger partial charge in [0, 0.05) is 4.83 Å². The molecule has 84 valence electrons. The van der Waals surface area contributed by atoms with E-state index in [0.717, 1.165) is 31.2 Å². The van der Waals surface area contributed by atoms with Gasteiger partial charge in [-0.3, -0.25) is 0 Å². The molecular formula is C12H15BrF2. The lowest BCUT2D eigenvalue weighted by atomic mass is 10.1. The maximum Gasteiger partial charge on any atom is 0.159 e. The van der Waals surface area contributed by atoms with E-state index in [2.05, 4.69) is 22.9 Å². The van der Waals surface area contributed by atoms with Crippen LogP contribution in [0, 0.1) is 11.6 Å². The Balaban J connectivity index is 2.41. The summed E-state index contributed by atoms with van der Waals surface area (Å²) in [6.07, 6.45) is 3.96. The average molecular weight is 277 g/mol. The van der Waals surface area contributed by atoms with Gasteiger partial charge in [0.05, 0.1) is 0 Å². The first-order valence-corrected chi connectivity index (χ1v) is 6.13. The highest BCUT2D eigenvalue weighted by Gasteiger charge is 2.04. The van der Waals surface area contributed by atoms with Gasteiger partial charge >= 0.3 is 0 Å². The van der Waals surface area contributed by atoms with Crippen LogP contribution in [0.3, 0.4) is 0 Å². The number of benzene rings is 1. The third kappa shape index (κ3) is 4.29. The first kappa shape index (κ1) is 12.6. The fourth-order valence-corrected chi connectivity index (χ4v) is 1.75. The van der Waals surface area contributed by atoms with Crippen molar-refractivity contribution in [2.75, 3.05) is 0 Å². The molecule has 1 atom stereocenters.